The van der Waals surface area contributed by atoms with Crippen LogP contribution < -0.4 is 5.32 Å². The summed E-state index contributed by atoms with van der Waals surface area (Å²) in [5.74, 6) is 0.822. The van der Waals surface area contributed by atoms with Gasteiger partial charge in [0.15, 0.2) is 0 Å². The smallest absolute Gasteiger partial charge is 0.202 e. The van der Waals surface area contributed by atoms with Gasteiger partial charge in [0.25, 0.3) is 0 Å². The van der Waals surface area contributed by atoms with Gasteiger partial charge < -0.3 is 5.32 Å². The Morgan fingerprint density at radius 3 is 2.69 bits per heavy atom. The maximum absolute atomic E-state index is 4.25. The molecule has 0 atom stereocenters. The summed E-state index contributed by atoms with van der Waals surface area (Å²) >= 11 is 1.40. The molecule has 16 heavy (non-hydrogen) atoms. The van der Waals surface area contributed by atoms with Crippen LogP contribution in [0.15, 0.2) is 0 Å². The second-order valence-corrected chi connectivity index (χ2v) is 4.49. The van der Waals surface area contributed by atoms with E-state index in [-0.39, 0.29) is 0 Å². The summed E-state index contributed by atoms with van der Waals surface area (Å²) < 4.78 is 4.12. The van der Waals surface area contributed by atoms with Crippen LogP contribution in [0.3, 0.4) is 0 Å². The van der Waals surface area contributed by atoms with Gasteiger partial charge in [0.1, 0.15) is 5.82 Å². The SMILES string of the molecule is Cc1nsc(NCCc2c(C)n[nH]c2C)n1. The van der Waals surface area contributed by atoms with E-state index in [4.69, 9.17) is 0 Å². The Hall–Kier alpha value is -1.43. The molecule has 0 aliphatic rings. The first kappa shape index (κ1) is 11.1. The molecule has 2 N–H and O–H groups in total. The lowest BCUT2D eigenvalue weighted by atomic mass is 10.1. The van der Waals surface area contributed by atoms with Crippen molar-refractivity contribution in [3.63, 3.8) is 0 Å². The Morgan fingerprint density at radius 2 is 2.12 bits per heavy atom. The fourth-order valence-corrected chi connectivity index (χ4v) is 2.20. The molecule has 0 aliphatic heterocycles. The Morgan fingerprint density at radius 1 is 1.31 bits per heavy atom. The van der Waals surface area contributed by atoms with Gasteiger partial charge in [0, 0.05) is 23.8 Å². The molecule has 86 valence electrons. The Labute approximate surface area is 98.5 Å². The zero-order valence-electron chi connectivity index (χ0n) is 9.66. The number of aromatic nitrogens is 4. The van der Waals surface area contributed by atoms with Gasteiger partial charge in [0.2, 0.25) is 5.13 Å². The third-order valence-electron chi connectivity index (χ3n) is 2.46. The first-order valence-electron chi connectivity index (χ1n) is 5.21. The fraction of sp³-hybridized carbons (Fsp3) is 0.500. The monoisotopic (exact) mass is 237 g/mol. The van der Waals surface area contributed by atoms with Crippen molar-refractivity contribution in [2.45, 2.75) is 27.2 Å². The van der Waals surface area contributed by atoms with E-state index in [1.165, 1.54) is 17.1 Å². The molecule has 2 aromatic heterocycles. The zero-order valence-corrected chi connectivity index (χ0v) is 10.5. The summed E-state index contributed by atoms with van der Waals surface area (Å²) in [5.41, 5.74) is 3.51. The normalized spacial score (nSPS) is 10.7. The number of nitrogens with one attached hydrogen (secondary N) is 2. The van der Waals surface area contributed by atoms with E-state index >= 15 is 0 Å². The van der Waals surface area contributed by atoms with Gasteiger partial charge in [-0.2, -0.15) is 9.47 Å². The van der Waals surface area contributed by atoms with E-state index in [9.17, 15) is 0 Å². The average molecular weight is 237 g/mol. The molecule has 0 unspecified atom stereocenters. The molecule has 0 aliphatic carbocycles. The highest BCUT2D eigenvalue weighted by atomic mass is 32.1. The molecule has 0 bridgehead atoms. The quantitative estimate of drug-likeness (QED) is 0.851. The number of nitrogens with zero attached hydrogens (tertiary/aromatic N) is 3. The van der Waals surface area contributed by atoms with Crippen LogP contribution in [0, 0.1) is 20.8 Å². The first-order valence-corrected chi connectivity index (χ1v) is 5.99. The molecule has 6 heteroatoms. The van der Waals surface area contributed by atoms with Crippen molar-refractivity contribution in [3.05, 3.63) is 22.8 Å². The van der Waals surface area contributed by atoms with Crippen LogP contribution in [-0.2, 0) is 6.42 Å². The van der Waals surface area contributed by atoms with Crippen molar-refractivity contribution in [1.29, 1.82) is 0 Å². The topological polar surface area (TPSA) is 66.5 Å². The van der Waals surface area contributed by atoms with Crippen LogP contribution in [0.4, 0.5) is 5.13 Å². The minimum absolute atomic E-state index is 0.822. The van der Waals surface area contributed by atoms with Crippen LogP contribution in [0.1, 0.15) is 22.8 Å². The van der Waals surface area contributed by atoms with Crippen LogP contribution >= 0.6 is 11.5 Å². The molecule has 0 saturated carbocycles. The van der Waals surface area contributed by atoms with Crippen molar-refractivity contribution in [2.75, 3.05) is 11.9 Å². The highest BCUT2D eigenvalue weighted by Crippen LogP contribution is 2.12. The van der Waals surface area contributed by atoms with Gasteiger partial charge in [-0.25, -0.2) is 4.98 Å². The fourth-order valence-electron chi connectivity index (χ4n) is 1.61. The molecule has 2 aromatic rings. The second-order valence-electron chi connectivity index (χ2n) is 3.74. The third kappa shape index (κ3) is 2.38. The zero-order chi connectivity index (χ0) is 11.5. The summed E-state index contributed by atoms with van der Waals surface area (Å²) in [6.45, 7) is 6.82. The van der Waals surface area contributed by atoms with Crippen molar-refractivity contribution in [3.8, 4) is 0 Å². The Kier molecular flexibility index (Phi) is 3.19. The minimum atomic E-state index is 0.822. The first-order chi connectivity index (χ1) is 7.66. The number of anilines is 1. The summed E-state index contributed by atoms with van der Waals surface area (Å²) in [7, 11) is 0. The van der Waals surface area contributed by atoms with Crippen molar-refractivity contribution < 1.29 is 0 Å². The molecular formula is C10H15N5S. The summed E-state index contributed by atoms with van der Waals surface area (Å²) in [4.78, 5) is 4.25. The lowest BCUT2D eigenvalue weighted by molar-refractivity contribution is 0.986. The van der Waals surface area contributed by atoms with Gasteiger partial charge in [-0.3, -0.25) is 5.10 Å². The van der Waals surface area contributed by atoms with Gasteiger partial charge >= 0.3 is 0 Å². The molecule has 5 nitrogen and oxygen atoms in total. The number of rotatable bonds is 4. The maximum Gasteiger partial charge on any atom is 0.202 e. The third-order valence-corrected chi connectivity index (χ3v) is 3.22. The van der Waals surface area contributed by atoms with Crippen molar-refractivity contribution in [1.82, 2.24) is 19.6 Å². The molecule has 0 amide bonds. The Balaban J connectivity index is 1.89. The predicted octanol–water partition coefficient (Wildman–Crippen LogP) is 1.84. The molecule has 0 spiro atoms. The van der Waals surface area contributed by atoms with Crippen LogP contribution in [-0.4, -0.2) is 26.1 Å². The molecule has 0 fully saturated rings. The number of hydrogen-bond acceptors (Lipinski definition) is 5. The molecule has 0 aromatic carbocycles. The molecule has 2 heterocycles. The van der Waals surface area contributed by atoms with Crippen LogP contribution in [0.25, 0.3) is 0 Å². The van der Waals surface area contributed by atoms with E-state index in [1.807, 2.05) is 20.8 Å². The standard InChI is InChI=1S/C10H15N5S/c1-6-9(7(2)14-13-6)4-5-11-10-12-8(3)15-16-10/h4-5H2,1-3H3,(H,13,14)(H,11,12,15). The highest BCUT2D eigenvalue weighted by molar-refractivity contribution is 7.09. The lowest BCUT2D eigenvalue weighted by Gasteiger charge is -2.02. The maximum atomic E-state index is 4.25. The number of aryl methyl sites for hydroxylation is 3. The molecular weight excluding hydrogens is 222 g/mol. The number of hydrogen-bond donors (Lipinski definition) is 2. The largest absolute Gasteiger partial charge is 0.360 e. The van der Waals surface area contributed by atoms with Gasteiger partial charge in [-0.15, -0.1) is 0 Å². The number of aromatic amines is 1. The van der Waals surface area contributed by atoms with Crippen LogP contribution in [0.2, 0.25) is 0 Å². The lowest BCUT2D eigenvalue weighted by Crippen LogP contribution is -2.05. The van der Waals surface area contributed by atoms with E-state index < -0.39 is 0 Å². The average Bonchev–Trinajstić information content (AvgIpc) is 2.78. The van der Waals surface area contributed by atoms with E-state index in [0.29, 0.717) is 0 Å². The predicted molar refractivity (Wildman–Crippen MR) is 64.9 cm³/mol. The van der Waals surface area contributed by atoms with Gasteiger partial charge in [-0.1, -0.05) is 0 Å². The van der Waals surface area contributed by atoms with E-state index in [0.717, 1.165) is 35.3 Å². The van der Waals surface area contributed by atoms with Gasteiger partial charge in [-0.05, 0) is 32.8 Å². The van der Waals surface area contributed by atoms with E-state index in [2.05, 4.69) is 24.9 Å². The van der Waals surface area contributed by atoms with E-state index in [1.54, 1.807) is 0 Å². The molecule has 0 radical (unpaired) electrons. The Bertz CT molecular complexity index is 454. The summed E-state index contributed by atoms with van der Waals surface area (Å²) in [5, 5.41) is 11.3. The highest BCUT2D eigenvalue weighted by Gasteiger charge is 2.06. The summed E-state index contributed by atoms with van der Waals surface area (Å²) in [6, 6.07) is 0. The van der Waals surface area contributed by atoms with Crippen LogP contribution in [0.5, 0.6) is 0 Å². The summed E-state index contributed by atoms with van der Waals surface area (Å²) in [6.07, 6.45) is 0.951. The van der Waals surface area contributed by atoms with Crippen molar-refractivity contribution >= 4 is 16.7 Å². The van der Waals surface area contributed by atoms with Gasteiger partial charge in [0.05, 0.1) is 5.69 Å². The molecule has 0 saturated heterocycles. The van der Waals surface area contributed by atoms with Crippen molar-refractivity contribution in [2.24, 2.45) is 0 Å². The number of H-pyrrole nitrogens is 1. The molecule has 2 rings (SSSR count). The second kappa shape index (κ2) is 4.61. The minimum Gasteiger partial charge on any atom is -0.360 e.